The van der Waals surface area contributed by atoms with Gasteiger partial charge in [-0.25, -0.2) is 4.98 Å². The maximum absolute atomic E-state index is 12.6. The number of aromatic amines is 2. The molecule has 0 radical (unpaired) electrons. The van der Waals surface area contributed by atoms with Crippen LogP contribution in [0.1, 0.15) is 56.0 Å². The van der Waals surface area contributed by atoms with Gasteiger partial charge in [0.25, 0.3) is 5.56 Å². The fraction of sp³-hybridized carbons (Fsp3) is 0.455. The molecule has 4 rings (SSSR count). The molecular weight excluding hydrogens is 382 g/mol. The van der Waals surface area contributed by atoms with E-state index in [0.717, 1.165) is 41.2 Å². The number of hydrogen-bond acceptors (Lipinski definition) is 5. The van der Waals surface area contributed by atoms with Gasteiger partial charge in [0.15, 0.2) is 5.16 Å². The molecule has 3 heterocycles. The van der Waals surface area contributed by atoms with Crippen molar-refractivity contribution in [3.05, 3.63) is 57.8 Å². The molecule has 152 valence electrons. The van der Waals surface area contributed by atoms with Gasteiger partial charge in [0.1, 0.15) is 0 Å². The van der Waals surface area contributed by atoms with E-state index >= 15 is 0 Å². The van der Waals surface area contributed by atoms with E-state index in [0.29, 0.717) is 16.8 Å². The number of nitrogens with zero attached hydrogens (tertiary/aromatic N) is 3. The number of aromatic nitrogens is 5. The van der Waals surface area contributed by atoms with Gasteiger partial charge in [-0.3, -0.25) is 14.9 Å². The van der Waals surface area contributed by atoms with Crippen LogP contribution in [0.2, 0.25) is 0 Å². The third kappa shape index (κ3) is 4.96. The van der Waals surface area contributed by atoms with Crippen LogP contribution in [0.15, 0.2) is 40.4 Å². The molecule has 1 fully saturated rings. The summed E-state index contributed by atoms with van der Waals surface area (Å²) in [5.41, 5.74) is 4.50. The normalized spacial score (nSPS) is 14.9. The van der Waals surface area contributed by atoms with Gasteiger partial charge in [-0.1, -0.05) is 56.9 Å². The van der Waals surface area contributed by atoms with Crippen molar-refractivity contribution in [1.82, 2.24) is 25.1 Å². The van der Waals surface area contributed by atoms with Crippen LogP contribution in [0.5, 0.6) is 0 Å². The molecule has 7 heteroatoms. The van der Waals surface area contributed by atoms with Crippen LogP contribution in [-0.2, 0) is 18.6 Å². The second-order valence-corrected chi connectivity index (χ2v) is 8.60. The van der Waals surface area contributed by atoms with Crippen LogP contribution in [0.25, 0.3) is 11.4 Å². The average molecular weight is 410 g/mol. The molecule has 0 aromatic carbocycles. The number of H-pyrrole nitrogens is 2. The van der Waals surface area contributed by atoms with E-state index in [9.17, 15) is 4.79 Å². The van der Waals surface area contributed by atoms with Gasteiger partial charge in [-0.2, -0.15) is 5.10 Å². The zero-order valence-corrected chi connectivity index (χ0v) is 17.6. The van der Waals surface area contributed by atoms with Gasteiger partial charge >= 0.3 is 0 Å². The number of thioether (sulfide) groups is 1. The molecule has 0 amide bonds. The molecule has 0 unspecified atom stereocenters. The Bertz CT molecular complexity index is 992. The first-order chi connectivity index (χ1) is 14.2. The summed E-state index contributed by atoms with van der Waals surface area (Å²) in [5.74, 6) is 1.30. The molecule has 1 aliphatic rings. The summed E-state index contributed by atoms with van der Waals surface area (Å²) in [4.78, 5) is 24.7. The lowest BCUT2D eigenvalue weighted by atomic mass is 9.85. The molecule has 3 aromatic heterocycles. The quantitative estimate of drug-likeness (QED) is 0.442. The van der Waals surface area contributed by atoms with Crippen LogP contribution < -0.4 is 5.56 Å². The van der Waals surface area contributed by atoms with E-state index in [2.05, 4.69) is 20.2 Å². The van der Waals surface area contributed by atoms with Gasteiger partial charge < -0.3 is 4.98 Å². The standard InChI is InChI=1S/C22H27N5OS/c1-2-17-19(12-15-8-4-3-5-9-15)24-22(25-21(17)28)29-14-16-13-20(27-26-16)18-10-6-7-11-23-18/h6-7,10-11,13,15H,2-5,8-9,12,14H2,1H3,(H,26,27)(H,24,25,28). The Kier molecular flexibility index (Phi) is 6.44. The number of rotatable bonds is 7. The number of hydrogen-bond donors (Lipinski definition) is 2. The topological polar surface area (TPSA) is 87.3 Å². The smallest absolute Gasteiger partial charge is 0.254 e. The van der Waals surface area contributed by atoms with E-state index in [1.54, 1.807) is 6.20 Å². The lowest BCUT2D eigenvalue weighted by molar-refractivity contribution is 0.352. The fourth-order valence-corrected chi connectivity index (χ4v) is 4.79. The minimum absolute atomic E-state index is 0.00649. The average Bonchev–Trinajstić information content (AvgIpc) is 3.23. The van der Waals surface area contributed by atoms with Crippen molar-refractivity contribution in [3.63, 3.8) is 0 Å². The van der Waals surface area contributed by atoms with Crippen LogP contribution >= 0.6 is 11.8 Å². The van der Waals surface area contributed by atoms with Crippen molar-refractivity contribution in [2.24, 2.45) is 5.92 Å². The third-order valence-corrected chi connectivity index (χ3v) is 6.48. The van der Waals surface area contributed by atoms with Gasteiger partial charge in [0.05, 0.1) is 22.8 Å². The summed E-state index contributed by atoms with van der Waals surface area (Å²) in [6.07, 6.45) is 9.86. The summed E-state index contributed by atoms with van der Waals surface area (Å²) in [5, 5.41) is 8.09. The maximum atomic E-state index is 12.6. The van der Waals surface area contributed by atoms with E-state index in [-0.39, 0.29) is 5.56 Å². The van der Waals surface area contributed by atoms with Crippen molar-refractivity contribution < 1.29 is 0 Å². The summed E-state index contributed by atoms with van der Waals surface area (Å²) in [7, 11) is 0. The highest BCUT2D eigenvalue weighted by Gasteiger charge is 2.18. The Morgan fingerprint density at radius 3 is 2.83 bits per heavy atom. The van der Waals surface area contributed by atoms with E-state index in [1.165, 1.54) is 43.9 Å². The van der Waals surface area contributed by atoms with Crippen molar-refractivity contribution in [3.8, 4) is 11.4 Å². The monoisotopic (exact) mass is 409 g/mol. The summed E-state index contributed by atoms with van der Waals surface area (Å²) < 4.78 is 0. The van der Waals surface area contributed by atoms with E-state index in [4.69, 9.17) is 4.98 Å². The second-order valence-electron chi connectivity index (χ2n) is 7.63. The van der Waals surface area contributed by atoms with E-state index < -0.39 is 0 Å². The van der Waals surface area contributed by atoms with Gasteiger partial charge in [0.2, 0.25) is 0 Å². The SMILES string of the molecule is CCc1c(CC2CCCCC2)nc(SCc2cc(-c3ccccn3)[nH]n2)[nH]c1=O. The van der Waals surface area contributed by atoms with Crippen LogP contribution in [0.4, 0.5) is 0 Å². The van der Waals surface area contributed by atoms with Gasteiger partial charge in [-0.15, -0.1) is 0 Å². The first-order valence-corrected chi connectivity index (χ1v) is 11.4. The molecule has 29 heavy (non-hydrogen) atoms. The highest BCUT2D eigenvalue weighted by atomic mass is 32.2. The highest BCUT2D eigenvalue weighted by molar-refractivity contribution is 7.98. The Morgan fingerprint density at radius 1 is 1.21 bits per heavy atom. The minimum atomic E-state index is 0.00649. The molecule has 0 atom stereocenters. The third-order valence-electron chi connectivity index (χ3n) is 5.57. The number of pyridine rings is 1. The predicted molar refractivity (Wildman–Crippen MR) is 116 cm³/mol. The largest absolute Gasteiger partial charge is 0.301 e. The molecule has 0 saturated heterocycles. The van der Waals surface area contributed by atoms with Crippen molar-refractivity contribution >= 4 is 11.8 Å². The molecule has 1 saturated carbocycles. The van der Waals surface area contributed by atoms with Crippen LogP contribution in [-0.4, -0.2) is 25.1 Å². The zero-order chi connectivity index (χ0) is 20.1. The fourth-order valence-electron chi connectivity index (χ4n) is 4.02. The molecule has 3 aromatic rings. The lowest BCUT2D eigenvalue weighted by Crippen LogP contribution is -2.21. The highest BCUT2D eigenvalue weighted by Crippen LogP contribution is 2.28. The van der Waals surface area contributed by atoms with Gasteiger partial charge in [-0.05, 0) is 37.0 Å². The summed E-state index contributed by atoms with van der Waals surface area (Å²) >= 11 is 1.52. The first kappa shape index (κ1) is 19.9. The zero-order valence-electron chi connectivity index (χ0n) is 16.8. The predicted octanol–water partition coefficient (Wildman–Crippen LogP) is 4.53. The molecule has 1 aliphatic carbocycles. The van der Waals surface area contributed by atoms with Crippen molar-refractivity contribution in [1.29, 1.82) is 0 Å². The number of nitrogens with one attached hydrogen (secondary N) is 2. The lowest BCUT2D eigenvalue weighted by Gasteiger charge is -2.22. The maximum Gasteiger partial charge on any atom is 0.254 e. The Morgan fingerprint density at radius 2 is 2.07 bits per heavy atom. The summed E-state index contributed by atoms with van der Waals surface area (Å²) in [6.45, 7) is 2.03. The van der Waals surface area contributed by atoms with Crippen LogP contribution in [0, 0.1) is 5.92 Å². The van der Waals surface area contributed by atoms with Crippen LogP contribution in [0.3, 0.4) is 0 Å². The molecule has 0 bridgehead atoms. The van der Waals surface area contributed by atoms with Crippen molar-refractivity contribution in [2.45, 2.75) is 62.8 Å². The van der Waals surface area contributed by atoms with Gasteiger partial charge in [0, 0.05) is 17.5 Å². The Labute approximate surface area is 175 Å². The summed E-state index contributed by atoms with van der Waals surface area (Å²) in [6, 6.07) is 7.79. The first-order valence-electron chi connectivity index (χ1n) is 10.4. The second kappa shape index (κ2) is 9.39. The molecule has 6 nitrogen and oxygen atoms in total. The van der Waals surface area contributed by atoms with E-state index in [1.807, 2.05) is 31.2 Å². The molecule has 0 aliphatic heterocycles. The molecular formula is C22H27N5OS. The Balaban J connectivity index is 1.47. The minimum Gasteiger partial charge on any atom is -0.301 e. The van der Waals surface area contributed by atoms with Crippen molar-refractivity contribution in [2.75, 3.05) is 0 Å². The Hall–Kier alpha value is -2.41. The molecule has 0 spiro atoms. The molecule has 2 N–H and O–H groups in total.